The second kappa shape index (κ2) is 4.65. The summed E-state index contributed by atoms with van der Waals surface area (Å²) in [5, 5.41) is 9.88. The van der Waals surface area contributed by atoms with Gasteiger partial charge in [0.25, 0.3) is 0 Å². The zero-order chi connectivity index (χ0) is 13.3. The molecule has 1 N–H and O–H groups in total. The SMILES string of the molecule is C=CC(C)(Cc1cc(Cl)cc2c1OCC2)C(=O)O. The summed E-state index contributed by atoms with van der Waals surface area (Å²) in [5.41, 5.74) is 0.874. The normalized spacial score (nSPS) is 16.6. The first-order chi connectivity index (χ1) is 8.46. The van der Waals surface area contributed by atoms with Gasteiger partial charge in [-0.3, -0.25) is 4.79 Å². The fraction of sp³-hybridized carbons (Fsp3) is 0.357. The second-order valence-corrected chi connectivity index (χ2v) is 5.19. The van der Waals surface area contributed by atoms with Crippen LogP contribution in [0.1, 0.15) is 18.1 Å². The quantitative estimate of drug-likeness (QED) is 0.852. The zero-order valence-electron chi connectivity index (χ0n) is 10.2. The van der Waals surface area contributed by atoms with Crippen molar-refractivity contribution in [1.29, 1.82) is 0 Å². The van der Waals surface area contributed by atoms with Crippen LogP contribution in [0.2, 0.25) is 5.02 Å². The lowest BCUT2D eigenvalue weighted by atomic mass is 9.83. The van der Waals surface area contributed by atoms with E-state index in [4.69, 9.17) is 16.3 Å². The number of hydrogen-bond donors (Lipinski definition) is 1. The lowest BCUT2D eigenvalue weighted by Crippen LogP contribution is -2.27. The van der Waals surface area contributed by atoms with Crippen molar-refractivity contribution in [2.45, 2.75) is 19.8 Å². The third-order valence-electron chi connectivity index (χ3n) is 3.32. The molecule has 0 saturated carbocycles. The highest BCUT2D eigenvalue weighted by atomic mass is 35.5. The van der Waals surface area contributed by atoms with Crippen molar-refractivity contribution in [3.8, 4) is 5.75 Å². The third-order valence-corrected chi connectivity index (χ3v) is 3.54. The number of benzene rings is 1. The highest BCUT2D eigenvalue weighted by Gasteiger charge is 2.32. The molecule has 96 valence electrons. The number of fused-ring (bicyclic) bond motifs is 1. The van der Waals surface area contributed by atoms with E-state index in [1.807, 2.05) is 6.07 Å². The number of halogens is 1. The Morgan fingerprint density at radius 1 is 1.67 bits per heavy atom. The number of ether oxygens (including phenoxy) is 1. The van der Waals surface area contributed by atoms with Crippen molar-refractivity contribution < 1.29 is 14.6 Å². The Morgan fingerprint density at radius 3 is 3.00 bits per heavy atom. The minimum absolute atomic E-state index is 0.328. The number of aliphatic carboxylic acids is 1. The highest BCUT2D eigenvalue weighted by Crippen LogP contribution is 2.37. The van der Waals surface area contributed by atoms with Crippen molar-refractivity contribution >= 4 is 17.6 Å². The van der Waals surface area contributed by atoms with Crippen LogP contribution in [0, 0.1) is 5.41 Å². The van der Waals surface area contributed by atoms with Gasteiger partial charge in [-0.2, -0.15) is 0 Å². The topological polar surface area (TPSA) is 46.5 Å². The van der Waals surface area contributed by atoms with Crippen LogP contribution in [0.15, 0.2) is 24.8 Å². The number of hydrogen-bond acceptors (Lipinski definition) is 2. The molecule has 1 aromatic rings. The highest BCUT2D eigenvalue weighted by molar-refractivity contribution is 6.30. The molecule has 1 heterocycles. The Balaban J connectivity index is 2.41. The monoisotopic (exact) mass is 266 g/mol. The van der Waals surface area contributed by atoms with Gasteiger partial charge < -0.3 is 9.84 Å². The number of carboxylic acids is 1. The van der Waals surface area contributed by atoms with Crippen LogP contribution in [-0.4, -0.2) is 17.7 Å². The maximum atomic E-state index is 11.3. The average Bonchev–Trinajstić information content (AvgIpc) is 2.76. The van der Waals surface area contributed by atoms with Gasteiger partial charge in [0.1, 0.15) is 5.75 Å². The van der Waals surface area contributed by atoms with Crippen molar-refractivity contribution in [1.82, 2.24) is 0 Å². The molecule has 1 aliphatic rings. The van der Waals surface area contributed by atoms with Gasteiger partial charge in [0.05, 0.1) is 12.0 Å². The molecule has 2 rings (SSSR count). The van der Waals surface area contributed by atoms with Gasteiger partial charge in [-0.05, 0) is 36.6 Å². The zero-order valence-corrected chi connectivity index (χ0v) is 11.0. The molecule has 0 bridgehead atoms. The van der Waals surface area contributed by atoms with E-state index in [0.29, 0.717) is 18.1 Å². The Labute approximate surface area is 111 Å². The molecule has 0 amide bonds. The second-order valence-electron chi connectivity index (χ2n) is 4.76. The molecule has 1 atom stereocenters. The lowest BCUT2D eigenvalue weighted by Gasteiger charge is -2.21. The van der Waals surface area contributed by atoms with Crippen LogP contribution >= 0.6 is 11.6 Å². The average molecular weight is 267 g/mol. The summed E-state index contributed by atoms with van der Waals surface area (Å²) in [4.78, 5) is 11.3. The molecule has 0 aliphatic carbocycles. The van der Waals surface area contributed by atoms with Gasteiger partial charge in [0.2, 0.25) is 0 Å². The van der Waals surface area contributed by atoms with E-state index in [2.05, 4.69) is 6.58 Å². The van der Waals surface area contributed by atoms with Crippen LogP contribution < -0.4 is 4.74 Å². The van der Waals surface area contributed by atoms with Gasteiger partial charge in [0, 0.05) is 11.4 Å². The Bertz CT molecular complexity index is 510. The minimum atomic E-state index is -1.01. The maximum Gasteiger partial charge on any atom is 0.313 e. The third kappa shape index (κ3) is 2.23. The number of rotatable bonds is 4. The van der Waals surface area contributed by atoms with Gasteiger partial charge in [-0.1, -0.05) is 17.7 Å². The minimum Gasteiger partial charge on any atom is -0.493 e. The predicted molar refractivity (Wildman–Crippen MR) is 70.3 cm³/mol. The first-order valence-electron chi connectivity index (χ1n) is 5.77. The Hall–Kier alpha value is -1.48. The summed E-state index contributed by atoms with van der Waals surface area (Å²) in [6, 6.07) is 3.65. The molecule has 3 nitrogen and oxygen atoms in total. The summed E-state index contributed by atoms with van der Waals surface area (Å²) in [7, 11) is 0. The van der Waals surface area contributed by atoms with Gasteiger partial charge in [-0.15, -0.1) is 6.58 Å². The molecule has 0 aromatic heterocycles. The summed E-state index contributed by atoms with van der Waals surface area (Å²) < 4.78 is 5.57. The number of carboxylic acid groups (broad SMARTS) is 1. The van der Waals surface area contributed by atoms with Crippen LogP contribution in [0.3, 0.4) is 0 Å². The molecule has 1 unspecified atom stereocenters. The molecule has 0 radical (unpaired) electrons. The van der Waals surface area contributed by atoms with Crippen LogP contribution in [0.4, 0.5) is 0 Å². The van der Waals surface area contributed by atoms with Crippen LogP contribution in [-0.2, 0) is 17.6 Å². The molecule has 1 aliphatic heterocycles. The van der Waals surface area contributed by atoms with E-state index in [-0.39, 0.29) is 0 Å². The standard InChI is InChI=1S/C14H15ClO3/c1-3-14(2,13(16)17)8-10-7-11(15)6-9-4-5-18-12(9)10/h3,6-7H,1,4-5,8H2,2H3,(H,16,17). The van der Waals surface area contributed by atoms with Crippen molar-refractivity contribution in [2.75, 3.05) is 6.61 Å². The summed E-state index contributed by atoms with van der Waals surface area (Å²) in [5.74, 6) is -0.113. The number of carbonyl (C=O) groups is 1. The van der Waals surface area contributed by atoms with Crippen molar-refractivity contribution in [3.63, 3.8) is 0 Å². The van der Waals surface area contributed by atoms with Crippen molar-refractivity contribution in [3.05, 3.63) is 40.9 Å². The molecule has 18 heavy (non-hydrogen) atoms. The lowest BCUT2D eigenvalue weighted by molar-refractivity contribution is -0.145. The van der Waals surface area contributed by atoms with Gasteiger partial charge >= 0.3 is 5.97 Å². The maximum absolute atomic E-state index is 11.3. The largest absolute Gasteiger partial charge is 0.493 e. The first kappa shape index (κ1) is 13.0. The fourth-order valence-corrected chi connectivity index (χ4v) is 2.37. The fourth-order valence-electron chi connectivity index (χ4n) is 2.11. The van der Waals surface area contributed by atoms with E-state index < -0.39 is 11.4 Å². The van der Waals surface area contributed by atoms with Gasteiger partial charge in [0.15, 0.2) is 0 Å². The van der Waals surface area contributed by atoms with E-state index in [1.54, 1.807) is 13.0 Å². The molecule has 0 fully saturated rings. The molecular weight excluding hydrogens is 252 g/mol. The molecule has 0 spiro atoms. The molecule has 1 aromatic carbocycles. The van der Waals surface area contributed by atoms with Crippen molar-refractivity contribution in [2.24, 2.45) is 5.41 Å². The Kier molecular flexibility index (Phi) is 3.35. The summed E-state index contributed by atoms with van der Waals surface area (Å²) in [6.07, 6.45) is 2.60. The predicted octanol–water partition coefficient (Wildman–Crippen LogP) is 3.09. The Morgan fingerprint density at radius 2 is 2.39 bits per heavy atom. The molecular formula is C14H15ClO3. The molecule has 0 saturated heterocycles. The summed E-state index contributed by atoms with van der Waals surface area (Å²) in [6.45, 7) is 5.88. The molecule has 4 heteroatoms. The van der Waals surface area contributed by atoms with Crippen LogP contribution in [0.5, 0.6) is 5.75 Å². The van der Waals surface area contributed by atoms with E-state index >= 15 is 0 Å². The van der Waals surface area contributed by atoms with E-state index in [0.717, 1.165) is 23.3 Å². The van der Waals surface area contributed by atoms with E-state index in [1.165, 1.54) is 6.08 Å². The smallest absolute Gasteiger partial charge is 0.313 e. The first-order valence-corrected chi connectivity index (χ1v) is 6.15. The van der Waals surface area contributed by atoms with Gasteiger partial charge in [-0.25, -0.2) is 0 Å². The van der Waals surface area contributed by atoms with Crippen LogP contribution in [0.25, 0.3) is 0 Å². The summed E-state index contributed by atoms with van der Waals surface area (Å²) >= 11 is 6.05. The van der Waals surface area contributed by atoms with E-state index in [9.17, 15) is 9.90 Å².